The maximum Gasteiger partial charge on any atom is 0.471 e. The van der Waals surface area contributed by atoms with Crippen LogP contribution in [0.4, 0.5) is 18.9 Å². The van der Waals surface area contributed by atoms with Gasteiger partial charge < -0.3 is 4.90 Å². The van der Waals surface area contributed by atoms with Gasteiger partial charge in [0.25, 0.3) is 0 Å². The summed E-state index contributed by atoms with van der Waals surface area (Å²) >= 11 is 3.62. The number of benzene rings is 1. The van der Waals surface area contributed by atoms with Crippen LogP contribution >= 0.6 is 15.9 Å². The van der Waals surface area contributed by atoms with Gasteiger partial charge in [0.2, 0.25) is 0 Å². The van der Waals surface area contributed by atoms with E-state index in [4.69, 9.17) is 0 Å². The summed E-state index contributed by atoms with van der Waals surface area (Å²) in [5, 5.41) is 0. The zero-order chi connectivity index (χ0) is 16.3. The minimum atomic E-state index is -4.82. The third kappa shape index (κ3) is 4.03. The van der Waals surface area contributed by atoms with Crippen molar-refractivity contribution in [3.05, 3.63) is 29.3 Å². The summed E-state index contributed by atoms with van der Waals surface area (Å²) < 4.78 is 38.0. The molecule has 122 valence electrons. The zero-order valence-corrected chi connectivity index (χ0v) is 14.0. The first-order valence-corrected chi connectivity index (χ1v) is 8.39. The van der Waals surface area contributed by atoms with Gasteiger partial charge in [0.1, 0.15) is 0 Å². The number of carbonyl (C=O) groups is 1. The summed E-state index contributed by atoms with van der Waals surface area (Å²) in [5.74, 6) is -1.77. The first kappa shape index (κ1) is 17.3. The van der Waals surface area contributed by atoms with Gasteiger partial charge >= 0.3 is 12.1 Å². The molecule has 1 heterocycles. The van der Waals surface area contributed by atoms with E-state index in [-0.39, 0.29) is 6.54 Å². The van der Waals surface area contributed by atoms with Gasteiger partial charge in [0.05, 0.1) is 0 Å². The van der Waals surface area contributed by atoms with Crippen LogP contribution < -0.4 is 4.90 Å². The molecule has 1 amide bonds. The largest absolute Gasteiger partial charge is 0.471 e. The van der Waals surface area contributed by atoms with Gasteiger partial charge in [0, 0.05) is 17.1 Å². The summed E-state index contributed by atoms with van der Waals surface area (Å²) in [6, 6.07) is 5.42. The Balaban J connectivity index is 2.21. The molecule has 2 rings (SSSR count). The molecule has 0 spiro atoms. The lowest BCUT2D eigenvalue weighted by molar-refractivity contribution is -0.170. The molecule has 0 aliphatic carbocycles. The van der Waals surface area contributed by atoms with Crippen LogP contribution in [-0.2, 0) is 17.6 Å². The Morgan fingerprint density at radius 2 is 2.14 bits per heavy atom. The minimum absolute atomic E-state index is 0.127. The number of aryl methyl sites for hydroxylation is 1. The van der Waals surface area contributed by atoms with E-state index >= 15 is 0 Å². The first-order valence-electron chi connectivity index (χ1n) is 7.47. The Morgan fingerprint density at radius 1 is 1.41 bits per heavy atom. The van der Waals surface area contributed by atoms with Crippen LogP contribution in [0.2, 0.25) is 0 Å². The van der Waals surface area contributed by atoms with E-state index in [1.54, 1.807) is 6.07 Å². The quantitative estimate of drug-likeness (QED) is 0.700. The summed E-state index contributed by atoms with van der Waals surface area (Å²) in [4.78, 5) is 12.8. The van der Waals surface area contributed by atoms with Crippen molar-refractivity contribution in [3.8, 4) is 0 Å². The Hall–Kier alpha value is -1.04. The smallest absolute Gasteiger partial charge is 0.304 e. The number of alkyl halides is 4. The van der Waals surface area contributed by atoms with Crippen LogP contribution in [0.5, 0.6) is 0 Å². The standard InChI is InChI=1S/C16H19BrF3NO/c1-2-4-13(17)10-11-6-7-14-12(9-11)5-3-8-21(14)15(22)16(18,19)20/h6-7,9,13H,2-5,8,10H2,1H3. The number of nitrogens with zero attached hydrogens (tertiary/aromatic N) is 1. The second-order valence-electron chi connectivity index (χ2n) is 5.61. The lowest BCUT2D eigenvalue weighted by atomic mass is 9.97. The molecule has 1 aromatic rings. The fourth-order valence-corrected chi connectivity index (χ4v) is 3.64. The van der Waals surface area contributed by atoms with Crippen molar-refractivity contribution in [1.82, 2.24) is 0 Å². The number of carbonyl (C=O) groups excluding carboxylic acids is 1. The van der Waals surface area contributed by atoms with Crippen molar-refractivity contribution >= 4 is 27.5 Å². The number of hydrogen-bond acceptors (Lipinski definition) is 1. The highest BCUT2D eigenvalue weighted by Gasteiger charge is 2.43. The van der Waals surface area contributed by atoms with Crippen molar-refractivity contribution < 1.29 is 18.0 Å². The van der Waals surface area contributed by atoms with Crippen LogP contribution in [-0.4, -0.2) is 23.5 Å². The van der Waals surface area contributed by atoms with Crippen LogP contribution in [0.3, 0.4) is 0 Å². The summed E-state index contributed by atoms with van der Waals surface area (Å²) in [6.45, 7) is 2.24. The van der Waals surface area contributed by atoms with E-state index < -0.39 is 12.1 Å². The average Bonchev–Trinajstić information content (AvgIpc) is 2.45. The third-order valence-corrected chi connectivity index (χ3v) is 4.59. The second-order valence-corrected chi connectivity index (χ2v) is 6.91. The SMILES string of the molecule is CCCC(Br)Cc1ccc2c(c1)CCCN2C(=O)C(F)(F)F. The van der Waals surface area contributed by atoms with Crippen molar-refractivity contribution in [3.63, 3.8) is 0 Å². The summed E-state index contributed by atoms with van der Waals surface area (Å²) in [6.07, 6.45) is -0.579. The highest BCUT2D eigenvalue weighted by atomic mass is 79.9. The molecule has 0 saturated heterocycles. The maximum absolute atomic E-state index is 12.7. The van der Waals surface area contributed by atoms with E-state index in [1.165, 1.54) is 0 Å². The molecule has 0 bridgehead atoms. The molecule has 0 radical (unpaired) electrons. The normalized spacial score (nSPS) is 16.3. The van der Waals surface area contributed by atoms with Crippen molar-refractivity contribution in [2.24, 2.45) is 0 Å². The van der Waals surface area contributed by atoms with Gasteiger partial charge in [-0.05, 0) is 42.9 Å². The number of anilines is 1. The van der Waals surface area contributed by atoms with Crippen LogP contribution in [0.15, 0.2) is 18.2 Å². The molecule has 0 N–H and O–H groups in total. The van der Waals surface area contributed by atoms with Gasteiger partial charge in [-0.15, -0.1) is 0 Å². The molecule has 6 heteroatoms. The Morgan fingerprint density at radius 3 is 2.77 bits per heavy atom. The topological polar surface area (TPSA) is 20.3 Å². The fourth-order valence-electron chi connectivity index (χ4n) is 2.81. The van der Waals surface area contributed by atoms with Gasteiger partial charge in [-0.25, -0.2) is 0 Å². The molecule has 1 aromatic carbocycles. The molecule has 1 aliphatic heterocycles. The Bertz CT molecular complexity index is 545. The Kier molecular flexibility index (Phi) is 5.53. The van der Waals surface area contributed by atoms with E-state index in [9.17, 15) is 18.0 Å². The lowest BCUT2D eigenvalue weighted by Crippen LogP contribution is -2.43. The molecule has 1 aliphatic rings. The van der Waals surface area contributed by atoms with E-state index in [1.807, 2.05) is 12.1 Å². The number of rotatable bonds is 4. The van der Waals surface area contributed by atoms with E-state index in [0.717, 1.165) is 35.3 Å². The maximum atomic E-state index is 12.7. The molecule has 1 unspecified atom stereocenters. The second kappa shape index (κ2) is 7.02. The number of halogens is 4. The third-order valence-electron chi connectivity index (χ3n) is 3.81. The van der Waals surface area contributed by atoms with Gasteiger partial charge in [-0.1, -0.05) is 41.4 Å². The molecule has 0 fully saturated rings. The fraction of sp³-hybridized carbons (Fsp3) is 0.562. The Labute approximate surface area is 136 Å². The molecular formula is C16H19BrF3NO. The van der Waals surface area contributed by atoms with Crippen LogP contribution in [0, 0.1) is 0 Å². The van der Waals surface area contributed by atoms with Gasteiger partial charge in [-0.3, -0.25) is 4.79 Å². The van der Waals surface area contributed by atoms with E-state index in [2.05, 4.69) is 22.9 Å². The van der Waals surface area contributed by atoms with Crippen molar-refractivity contribution in [1.29, 1.82) is 0 Å². The average molecular weight is 378 g/mol. The number of hydrogen-bond donors (Lipinski definition) is 0. The molecule has 22 heavy (non-hydrogen) atoms. The highest BCUT2D eigenvalue weighted by molar-refractivity contribution is 9.09. The van der Waals surface area contributed by atoms with E-state index in [0.29, 0.717) is 23.4 Å². The van der Waals surface area contributed by atoms with Crippen molar-refractivity contribution in [2.75, 3.05) is 11.4 Å². The zero-order valence-electron chi connectivity index (χ0n) is 12.4. The number of amides is 1. The predicted molar refractivity (Wildman–Crippen MR) is 84.5 cm³/mol. The highest BCUT2D eigenvalue weighted by Crippen LogP contribution is 2.32. The minimum Gasteiger partial charge on any atom is -0.304 e. The number of fused-ring (bicyclic) bond motifs is 1. The molecule has 1 atom stereocenters. The lowest BCUT2D eigenvalue weighted by Gasteiger charge is -2.30. The van der Waals surface area contributed by atoms with Gasteiger partial charge in [0.15, 0.2) is 0 Å². The van der Waals surface area contributed by atoms with Crippen LogP contribution in [0.1, 0.15) is 37.3 Å². The monoisotopic (exact) mass is 377 g/mol. The molecule has 0 aromatic heterocycles. The molecule has 2 nitrogen and oxygen atoms in total. The van der Waals surface area contributed by atoms with Gasteiger partial charge in [-0.2, -0.15) is 13.2 Å². The first-order chi connectivity index (χ1) is 10.3. The van der Waals surface area contributed by atoms with Crippen LogP contribution in [0.25, 0.3) is 0 Å². The predicted octanol–water partition coefficient (Wildman–Crippen LogP) is 4.63. The molecule has 0 saturated carbocycles. The van der Waals surface area contributed by atoms with Crippen molar-refractivity contribution in [2.45, 2.75) is 50.0 Å². The summed E-state index contributed by atoms with van der Waals surface area (Å²) in [5.41, 5.74) is 2.33. The summed E-state index contributed by atoms with van der Waals surface area (Å²) in [7, 11) is 0. The molecular weight excluding hydrogens is 359 g/mol.